The summed E-state index contributed by atoms with van der Waals surface area (Å²) in [5, 5.41) is 0. The third-order valence-corrected chi connectivity index (χ3v) is 4.66. The molecule has 1 saturated heterocycles. The number of sulfonamides is 1. The van der Waals surface area contributed by atoms with Crippen molar-refractivity contribution in [3.05, 3.63) is 29.8 Å². The number of esters is 1. The lowest BCUT2D eigenvalue weighted by Gasteiger charge is -2.10. The van der Waals surface area contributed by atoms with Gasteiger partial charge in [0.1, 0.15) is 6.54 Å². The summed E-state index contributed by atoms with van der Waals surface area (Å²) in [6.07, 6.45) is 0.863. The van der Waals surface area contributed by atoms with Crippen LogP contribution in [0.3, 0.4) is 0 Å². The summed E-state index contributed by atoms with van der Waals surface area (Å²) in [5.41, 5.74) is 0.965. The smallest absolute Gasteiger partial charge is 0.321 e. The molecule has 0 aliphatic carbocycles. The minimum absolute atomic E-state index is 0.130. The summed E-state index contributed by atoms with van der Waals surface area (Å²) in [5.74, 6) is -0.375. The van der Waals surface area contributed by atoms with Gasteiger partial charge in [-0.25, -0.2) is 8.42 Å². The molecule has 0 spiro atoms. The van der Waals surface area contributed by atoms with Gasteiger partial charge >= 0.3 is 5.97 Å². The summed E-state index contributed by atoms with van der Waals surface area (Å²) < 4.78 is 36.4. The molecular formula is C14H19NO5S. The lowest BCUT2D eigenvalue weighted by Crippen LogP contribution is -2.31. The van der Waals surface area contributed by atoms with E-state index in [1.807, 2.05) is 6.92 Å². The standard InChI is InChI=1S/C14H19NO5S/c1-11-2-4-13(5-3-11)21(17,18)15-8-14(16)20-10-12-6-7-19-9-12/h2-5,12,15H,6-10H2,1H3/t12-/m0/s1. The van der Waals surface area contributed by atoms with Gasteiger partial charge in [0, 0.05) is 12.5 Å². The first-order valence-electron chi connectivity index (χ1n) is 6.77. The molecule has 1 N–H and O–H groups in total. The molecule has 0 aromatic heterocycles. The van der Waals surface area contributed by atoms with Crippen LogP contribution in [0.25, 0.3) is 0 Å². The molecule has 1 aliphatic rings. The van der Waals surface area contributed by atoms with Gasteiger partial charge in [0.2, 0.25) is 10.0 Å². The molecule has 1 aromatic carbocycles. The number of rotatable bonds is 6. The number of aryl methyl sites for hydroxylation is 1. The Kier molecular flexibility index (Phi) is 5.33. The van der Waals surface area contributed by atoms with E-state index >= 15 is 0 Å². The van der Waals surface area contributed by atoms with Gasteiger partial charge in [-0.2, -0.15) is 4.72 Å². The molecule has 1 atom stereocenters. The molecule has 0 saturated carbocycles. The zero-order valence-corrected chi connectivity index (χ0v) is 12.7. The van der Waals surface area contributed by atoms with Gasteiger partial charge < -0.3 is 9.47 Å². The number of hydrogen-bond donors (Lipinski definition) is 1. The molecule has 21 heavy (non-hydrogen) atoms. The Labute approximate surface area is 124 Å². The lowest BCUT2D eigenvalue weighted by atomic mass is 10.1. The molecule has 0 bridgehead atoms. The van der Waals surface area contributed by atoms with Crippen molar-refractivity contribution < 1.29 is 22.7 Å². The first kappa shape index (κ1) is 15.9. The van der Waals surface area contributed by atoms with Crippen LogP contribution < -0.4 is 4.72 Å². The van der Waals surface area contributed by atoms with E-state index in [0.717, 1.165) is 12.0 Å². The Hall–Kier alpha value is -1.44. The third kappa shape index (κ3) is 4.80. The summed E-state index contributed by atoms with van der Waals surface area (Å²) in [6, 6.07) is 6.40. The van der Waals surface area contributed by atoms with Gasteiger partial charge in [0.25, 0.3) is 0 Å². The van der Waals surface area contributed by atoms with Crippen molar-refractivity contribution in [2.24, 2.45) is 5.92 Å². The van der Waals surface area contributed by atoms with Gasteiger partial charge in [-0.3, -0.25) is 4.79 Å². The van der Waals surface area contributed by atoms with E-state index in [4.69, 9.17) is 9.47 Å². The lowest BCUT2D eigenvalue weighted by molar-refractivity contribution is -0.143. The fraction of sp³-hybridized carbons (Fsp3) is 0.500. The molecule has 0 unspecified atom stereocenters. The maximum atomic E-state index is 12.0. The highest BCUT2D eigenvalue weighted by atomic mass is 32.2. The molecule has 1 aromatic rings. The van der Waals surface area contributed by atoms with Gasteiger partial charge in [-0.15, -0.1) is 0 Å². The zero-order valence-electron chi connectivity index (χ0n) is 11.9. The normalized spacial score (nSPS) is 18.6. The van der Waals surface area contributed by atoms with Crippen LogP contribution in [0.1, 0.15) is 12.0 Å². The average Bonchev–Trinajstić information content (AvgIpc) is 2.97. The van der Waals surface area contributed by atoms with E-state index in [1.54, 1.807) is 12.1 Å². The molecule has 7 heteroatoms. The van der Waals surface area contributed by atoms with Crippen molar-refractivity contribution in [2.75, 3.05) is 26.4 Å². The second-order valence-corrected chi connectivity index (χ2v) is 6.82. The molecule has 6 nitrogen and oxygen atoms in total. The van der Waals surface area contributed by atoms with Gasteiger partial charge in [0.05, 0.1) is 18.1 Å². The number of ether oxygens (including phenoxy) is 2. The number of carbonyl (C=O) groups is 1. The van der Waals surface area contributed by atoms with Crippen molar-refractivity contribution in [1.82, 2.24) is 4.72 Å². The number of hydrogen-bond acceptors (Lipinski definition) is 5. The van der Waals surface area contributed by atoms with Crippen molar-refractivity contribution in [2.45, 2.75) is 18.2 Å². The summed E-state index contributed by atoms with van der Waals surface area (Å²) in [7, 11) is -3.68. The minimum Gasteiger partial charge on any atom is -0.464 e. The van der Waals surface area contributed by atoms with Crippen LogP contribution in [0.15, 0.2) is 29.2 Å². The van der Waals surface area contributed by atoms with Crippen molar-refractivity contribution >= 4 is 16.0 Å². The Bertz CT molecular complexity index is 576. The Morgan fingerprint density at radius 2 is 2.10 bits per heavy atom. The molecule has 116 valence electrons. The zero-order chi connectivity index (χ0) is 15.3. The number of carbonyl (C=O) groups excluding carboxylic acids is 1. The highest BCUT2D eigenvalue weighted by Gasteiger charge is 2.19. The van der Waals surface area contributed by atoms with E-state index in [1.165, 1.54) is 12.1 Å². The Morgan fingerprint density at radius 3 is 2.71 bits per heavy atom. The van der Waals surface area contributed by atoms with Crippen LogP contribution in [-0.2, 0) is 24.3 Å². The van der Waals surface area contributed by atoms with Gasteiger partial charge in [-0.05, 0) is 25.5 Å². The van der Waals surface area contributed by atoms with E-state index in [0.29, 0.717) is 13.2 Å². The Balaban J connectivity index is 1.80. The van der Waals surface area contributed by atoms with Crippen LogP contribution >= 0.6 is 0 Å². The van der Waals surface area contributed by atoms with E-state index in [9.17, 15) is 13.2 Å². The summed E-state index contributed by atoms with van der Waals surface area (Å²) >= 11 is 0. The number of nitrogens with one attached hydrogen (secondary N) is 1. The molecule has 2 rings (SSSR count). The van der Waals surface area contributed by atoms with Gasteiger partial charge in [-0.1, -0.05) is 17.7 Å². The Morgan fingerprint density at radius 1 is 1.38 bits per heavy atom. The maximum Gasteiger partial charge on any atom is 0.321 e. The van der Waals surface area contributed by atoms with Crippen molar-refractivity contribution in [3.8, 4) is 0 Å². The van der Waals surface area contributed by atoms with Crippen LogP contribution in [0.4, 0.5) is 0 Å². The third-order valence-electron chi connectivity index (χ3n) is 3.24. The molecule has 0 radical (unpaired) electrons. The van der Waals surface area contributed by atoms with Gasteiger partial charge in [0.15, 0.2) is 0 Å². The number of benzene rings is 1. The van der Waals surface area contributed by atoms with E-state index in [-0.39, 0.29) is 24.0 Å². The van der Waals surface area contributed by atoms with E-state index < -0.39 is 16.0 Å². The first-order chi connectivity index (χ1) is 9.97. The predicted octanol–water partition coefficient (Wildman–Crippen LogP) is 0.853. The second-order valence-electron chi connectivity index (χ2n) is 5.05. The fourth-order valence-corrected chi connectivity index (χ4v) is 2.90. The monoisotopic (exact) mass is 313 g/mol. The predicted molar refractivity (Wildman–Crippen MR) is 76.3 cm³/mol. The van der Waals surface area contributed by atoms with Crippen molar-refractivity contribution in [3.63, 3.8) is 0 Å². The summed E-state index contributed by atoms with van der Waals surface area (Å²) in [4.78, 5) is 11.7. The maximum absolute atomic E-state index is 12.0. The quantitative estimate of drug-likeness (QED) is 0.788. The van der Waals surface area contributed by atoms with Crippen LogP contribution in [0.2, 0.25) is 0 Å². The van der Waals surface area contributed by atoms with Crippen LogP contribution in [0.5, 0.6) is 0 Å². The van der Waals surface area contributed by atoms with E-state index in [2.05, 4.69) is 4.72 Å². The largest absolute Gasteiger partial charge is 0.464 e. The fourth-order valence-electron chi connectivity index (χ4n) is 1.93. The average molecular weight is 313 g/mol. The molecule has 0 amide bonds. The van der Waals surface area contributed by atoms with Crippen LogP contribution in [-0.4, -0.2) is 40.8 Å². The van der Waals surface area contributed by atoms with Crippen LogP contribution in [0, 0.1) is 12.8 Å². The molecular weight excluding hydrogens is 294 g/mol. The molecule has 1 fully saturated rings. The highest BCUT2D eigenvalue weighted by Crippen LogP contribution is 2.12. The highest BCUT2D eigenvalue weighted by molar-refractivity contribution is 7.89. The summed E-state index contributed by atoms with van der Waals surface area (Å²) in [6.45, 7) is 3.04. The van der Waals surface area contributed by atoms with Crippen molar-refractivity contribution in [1.29, 1.82) is 0 Å². The minimum atomic E-state index is -3.68. The topological polar surface area (TPSA) is 81.7 Å². The SMILES string of the molecule is Cc1ccc(S(=O)(=O)NCC(=O)OC[C@H]2CCOC2)cc1. The second kappa shape index (κ2) is 7.02. The molecule has 1 heterocycles. The molecule has 1 aliphatic heterocycles. The first-order valence-corrected chi connectivity index (χ1v) is 8.25.